The van der Waals surface area contributed by atoms with Crippen molar-refractivity contribution in [2.45, 2.75) is 6.42 Å². The zero-order valence-electron chi connectivity index (χ0n) is 12.2. The van der Waals surface area contributed by atoms with Gasteiger partial charge in [0.1, 0.15) is 5.69 Å². The minimum atomic E-state index is -0.488. The molecule has 0 heterocycles. The highest BCUT2D eigenvalue weighted by molar-refractivity contribution is 6.44. The van der Waals surface area contributed by atoms with Crippen LogP contribution in [0.5, 0.6) is 0 Å². The third-order valence-electron chi connectivity index (χ3n) is 3.05. The van der Waals surface area contributed by atoms with Crippen LogP contribution in [0.4, 0.5) is 17.1 Å². The Balaban J connectivity index is 1.93. The molecule has 0 atom stereocenters. The average Bonchev–Trinajstić information content (AvgIpc) is 2.53. The normalized spacial score (nSPS) is 10.3. The van der Waals surface area contributed by atoms with Gasteiger partial charge in [-0.25, -0.2) is 0 Å². The van der Waals surface area contributed by atoms with Crippen LogP contribution >= 0.6 is 34.8 Å². The third-order valence-corrected chi connectivity index (χ3v) is 4.09. The second-order valence-electron chi connectivity index (χ2n) is 4.75. The number of halogens is 3. The van der Waals surface area contributed by atoms with Crippen molar-refractivity contribution in [1.82, 2.24) is 0 Å². The Morgan fingerprint density at radius 2 is 1.71 bits per heavy atom. The molecule has 0 spiro atoms. The quantitative estimate of drug-likeness (QED) is 0.414. The Hall–Kier alpha value is -2.02. The molecule has 0 fully saturated rings. The fraction of sp³-hybridized carbons (Fsp3) is 0.133. The number of rotatable bonds is 6. The van der Waals surface area contributed by atoms with E-state index in [1.165, 1.54) is 18.2 Å². The molecule has 0 aromatic heterocycles. The minimum Gasteiger partial charge on any atom is -0.379 e. The van der Waals surface area contributed by atoms with Gasteiger partial charge in [-0.3, -0.25) is 14.9 Å². The first-order valence-electron chi connectivity index (χ1n) is 6.80. The molecule has 0 unspecified atom stereocenters. The number of nitrogens with zero attached hydrogens (tertiary/aromatic N) is 1. The monoisotopic (exact) mass is 387 g/mol. The molecule has 1 amide bonds. The van der Waals surface area contributed by atoms with Gasteiger partial charge in [0.05, 0.1) is 25.7 Å². The summed E-state index contributed by atoms with van der Waals surface area (Å²) in [5, 5.41) is 17.2. The predicted octanol–water partition coefficient (Wildman–Crippen LogP) is 5.00. The third kappa shape index (κ3) is 4.74. The van der Waals surface area contributed by atoms with Crippen LogP contribution in [-0.2, 0) is 4.79 Å². The molecular weight excluding hydrogens is 377 g/mol. The lowest BCUT2D eigenvalue weighted by atomic mass is 10.2. The van der Waals surface area contributed by atoms with Gasteiger partial charge in [-0.2, -0.15) is 0 Å². The van der Waals surface area contributed by atoms with Crippen LogP contribution in [0.2, 0.25) is 15.1 Å². The number of amides is 1. The number of hydrogen-bond donors (Lipinski definition) is 2. The summed E-state index contributed by atoms with van der Waals surface area (Å²) in [5.41, 5.74) is 0.648. The van der Waals surface area contributed by atoms with Crippen LogP contribution in [0.3, 0.4) is 0 Å². The Kier molecular flexibility index (Phi) is 6.25. The number of carbonyl (C=O) groups excluding carboxylic acids is 1. The molecule has 2 aromatic rings. The van der Waals surface area contributed by atoms with E-state index in [0.717, 1.165) is 0 Å². The highest BCUT2D eigenvalue weighted by atomic mass is 35.5. The smallest absolute Gasteiger partial charge is 0.292 e. The highest BCUT2D eigenvalue weighted by Gasteiger charge is 2.13. The molecule has 6 nitrogen and oxygen atoms in total. The number of hydrogen-bond acceptors (Lipinski definition) is 4. The summed E-state index contributed by atoms with van der Waals surface area (Å²) in [6, 6.07) is 9.10. The van der Waals surface area contributed by atoms with Crippen LogP contribution in [-0.4, -0.2) is 17.4 Å². The van der Waals surface area contributed by atoms with Gasteiger partial charge in [0.15, 0.2) is 0 Å². The van der Waals surface area contributed by atoms with Gasteiger partial charge < -0.3 is 10.6 Å². The van der Waals surface area contributed by atoms with Gasteiger partial charge in [0.25, 0.3) is 5.69 Å². The molecule has 2 rings (SSSR count). The molecule has 0 saturated carbocycles. The predicted molar refractivity (Wildman–Crippen MR) is 96.3 cm³/mol. The Bertz CT molecular complexity index is 784. The molecule has 0 bridgehead atoms. The Morgan fingerprint density at radius 3 is 2.42 bits per heavy atom. The first kappa shape index (κ1) is 18.3. The number of nitro benzene ring substituents is 1. The van der Waals surface area contributed by atoms with Crippen molar-refractivity contribution in [3.63, 3.8) is 0 Å². The molecule has 9 heteroatoms. The lowest BCUT2D eigenvalue weighted by Crippen LogP contribution is -2.16. The maximum atomic E-state index is 12.0. The molecule has 2 N–H and O–H groups in total. The molecule has 0 aliphatic rings. The summed E-state index contributed by atoms with van der Waals surface area (Å²) in [4.78, 5) is 22.4. The number of anilines is 2. The van der Waals surface area contributed by atoms with E-state index in [1.807, 2.05) is 0 Å². The van der Waals surface area contributed by atoms with E-state index in [-0.39, 0.29) is 39.6 Å². The van der Waals surface area contributed by atoms with Crippen molar-refractivity contribution >= 4 is 57.8 Å². The summed E-state index contributed by atoms with van der Waals surface area (Å²) in [6.07, 6.45) is 0.0859. The lowest BCUT2D eigenvalue weighted by molar-refractivity contribution is -0.384. The zero-order chi connectivity index (χ0) is 17.7. The topological polar surface area (TPSA) is 84.3 Å². The number of nitro groups is 1. The molecule has 126 valence electrons. The summed E-state index contributed by atoms with van der Waals surface area (Å²) in [6.45, 7) is 0.218. The van der Waals surface area contributed by atoms with Crippen molar-refractivity contribution in [3.8, 4) is 0 Å². The van der Waals surface area contributed by atoms with Gasteiger partial charge in [-0.15, -0.1) is 0 Å². The summed E-state index contributed by atoms with van der Waals surface area (Å²) < 4.78 is 0. The number of nitrogens with one attached hydrogen (secondary N) is 2. The van der Waals surface area contributed by atoms with Gasteiger partial charge in [-0.1, -0.05) is 46.9 Å². The molecule has 0 radical (unpaired) electrons. The Labute approximate surface area is 152 Å². The maximum absolute atomic E-state index is 12.0. The van der Waals surface area contributed by atoms with E-state index in [4.69, 9.17) is 34.8 Å². The molecule has 2 aromatic carbocycles. The van der Waals surface area contributed by atoms with Gasteiger partial charge in [0.2, 0.25) is 5.91 Å². The van der Waals surface area contributed by atoms with Gasteiger partial charge in [0, 0.05) is 19.0 Å². The van der Waals surface area contributed by atoms with Crippen molar-refractivity contribution in [2.75, 3.05) is 17.2 Å². The maximum Gasteiger partial charge on any atom is 0.292 e. The van der Waals surface area contributed by atoms with Crippen LogP contribution in [0, 0.1) is 10.1 Å². The van der Waals surface area contributed by atoms with E-state index < -0.39 is 4.92 Å². The molecule has 24 heavy (non-hydrogen) atoms. The standard InChI is InChI=1S/C15H12Cl3N3O3/c16-9-7-11(18)13(8-10(9)17)20-15(22)5-6-19-12-3-1-2-4-14(12)21(23)24/h1-4,7-8,19H,5-6H2,(H,20,22). The average molecular weight is 389 g/mol. The summed E-state index contributed by atoms with van der Waals surface area (Å²) in [7, 11) is 0. The van der Waals surface area contributed by atoms with Crippen LogP contribution in [0.1, 0.15) is 6.42 Å². The van der Waals surface area contributed by atoms with Crippen molar-refractivity contribution in [1.29, 1.82) is 0 Å². The van der Waals surface area contributed by atoms with Crippen LogP contribution < -0.4 is 10.6 Å². The number of benzene rings is 2. The molecule has 0 saturated heterocycles. The summed E-state index contributed by atoms with van der Waals surface area (Å²) >= 11 is 17.7. The van der Waals surface area contributed by atoms with E-state index in [0.29, 0.717) is 11.4 Å². The van der Waals surface area contributed by atoms with Crippen LogP contribution in [0.25, 0.3) is 0 Å². The molecule has 0 aliphatic heterocycles. The highest BCUT2D eigenvalue weighted by Crippen LogP contribution is 2.32. The molecular formula is C15H12Cl3N3O3. The second kappa shape index (κ2) is 8.19. The van der Waals surface area contributed by atoms with E-state index in [9.17, 15) is 14.9 Å². The van der Waals surface area contributed by atoms with Crippen molar-refractivity contribution < 1.29 is 9.72 Å². The van der Waals surface area contributed by atoms with E-state index in [1.54, 1.807) is 18.2 Å². The van der Waals surface area contributed by atoms with Crippen molar-refractivity contribution in [2.24, 2.45) is 0 Å². The van der Waals surface area contributed by atoms with Crippen LogP contribution in [0.15, 0.2) is 36.4 Å². The zero-order valence-corrected chi connectivity index (χ0v) is 14.5. The minimum absolute atomic E-state index is 0.0505. The van der Waals surface area contributed by atoms with Gasteiger partial charge >= 0.3 is 0 Å². The summed E-state index contributed by atoms with van der Waals surface area (Å²) in [5.74, 6) is -0.318. The fourth-order valence-electron chi connectivity index (χ4n) is 1.92. The SMILES string of the molecule is O=C(CCNc1ccccc1[N+](=O)[O-])Nc1cc(Cl)c(Cl)cc1Cl. The van der Waals surface area contributed by atoms with E-state index in [2.05, 4.69) is 10.6 Å². The van der Waals surface area contributed by atoms with Crippen molar-refractivity contribution in [3.05, 3.63) is 61.6 Å². The largest absolute Gasteiger partial charge is 0.379 e. The molecule has 0 aliphatic carbocycles. The van der Waals surface area contributed by atoms with E-state index >= 15 is 0 Å². The fourth-order valence-corrected chi connectivity index (χ4v) is 2.52. The van der Waals surface area contributed by atoms with Gasteiger partial charge in [-0.05, 0) is 18.2 Å². The first-order chi connectivity index (χ1) is 11.4. The second-order valence-corrected chi connectivity index (χ2v) is 5.97. The first-order valence-corrected chi connectivity index (χ1v) is 7.93. The number of carbonyl (C=O) groups is 1. The lowest BCUT2D eigenvalue weighted by Gasteiger charge is -2.10. The Morgan fingerprint density at radius 1 is 1.04 bits per heavy atom. The number of para-hydroxylation sites is 2.